The predicted molar refractivity (Wildman–Crippen MR) is 92.7 cm³/mol. The molecule has 124 valence electrons. The molecule has 0 unspecified atom stereocenters. The smallest absolute Gasteiger partial charge is 0.226 e. The highest BCUT2D eigenvalue weighted by molar-refractivity contribution is 5.90. The Hall–Kier alpha value is -2.89. The van der Waals surface area contributed by atoms with Crippen molar-refractivity contribution in [3.8, 4) is 0 Å². The molecule has 1 N–H and O–H groups in total. The molecule has 2 aromatic heterocycles. The highest BCUT2D eigenvalue weighted by Crippen LogP contribution is 2.10. The Balaban J connectivity index is 1.52. The first kappa shape index (κ1) is 16.0. The Morgan fingerprint density at radius 2 is 2.08 bits per heavy atom. The fourth-order valence-corrected chi connectivity index (χ4v) is 2.54. The second kappa shape index (κ2) is 7.12. The summed E-state index contributed by atoms with van der Waals surface area (Å²) >= 11 is 0. The summed E-state index contributed by atoms with van der Waals surface area (Å²) in [7, 11) is 0. The van der Waals surface area contributed by atoms with E-state index in [0.29, 0.717) is 25.2 Å². The summed E-state index contributed by atoms with van der Waals surface area (Å²) in [5.74, 6) is -0.0433. The zero-order chi connectivity index (χ0) is 16.9. The number of benzene rings is 1. The minimum absolute atomic E-state index is 0.0433. The summed E-state index contributed by atoms with van der Waals surface area (Å²) < 4.78 is 3.59. The van der Waals surface area contributed by atoms with Gasteiger partial charge in [0.25, 0.3) is 0 Å². The number of aryl methyl sites for hydroxylation is 3. The first-order chi connectivity index (χ1) is 11.6. The standard InChI is InChI=1S/C18H21N5O/c1-14-4-3-5-16(10-14)12-23-13-17(11-19-23)20-18(24)7-9-22-8-6-15(2)21-22/h3-6,8,10-11,13H,7,9,12H2,1-2H3,(H,20,24). The van der Waals surface area contributed by atoms with Crippen molar-refractivity contribution in [1.29, 1.82) is 0 Å². The third-order valence-electron chi connectivity index (χ3n) is 3.69. The highest BCUT2D eigenvalue weighted by atomic mass is 16.1. The Bertz CT molecular complexity index is 833. The highest BCUT2D eigenvalue weighted by Gasteiger charge is 2.06. The molecule has 1 amide bonds. The lowest BCUT2D eigenvalue weighted by atomic mass is 10.1. The maximum atomic E-state index is 12.0. The van der Waals surface area contributed by atoms with Crippen LogP contribution in [0.5, 0.6) is 0 Å². The van der Waals surface area contributed by atoms with Crippen LogP contribution in [0.4, 0.5) is 5.69 Å². The average molecular weight is 323 g/mol. The third-order valence-corrected chi connectivity index (χ3v) is 3.69. The summed E-state index contributed by atoms with van der Waals surface area (Å²) in [6, 6.07) is 10.2. The van der Waals surface area contributed by atoms with Gasteiger partial charge in [-0.05, 0) is 25.5 Å². The summed E-state index contributed by atoms with van der Waals surface area (Å²) in [4.78, 5) is 12.0. The molecule has 0 aliphatic rings. The number of anilines is 1. The first-order valence-corrected chi connectivity index (χ1v) is 7.96. The minimum Gasteiger partial charge on any atom is -0.323 e. The number of hydrogen-bond donors (Lipinski definition) is 1. The molecule has 0 fully saturated rings. The Morgan fingerprint density at radius 3 is 2.83 bits per heavy atom. The van der Waals surface area contributed by atoms with E-state index in [1.807, 2.05) is 36.1 Å². The van der Waals surface area contributed by atoms with Crippen molar-refractivity contribution in [2.75, 3.05) is 5.32 Å². The van der Waals surface area contributed by atoms with Gasteiger partial charge in [0.15, 0.2) is 0 Å². The van der Waals surface area contributed by atoms with E-state index in [-0.39, 0.29) is 5.91 Å². The Kier molecular flexibility index (Phi) is 4.74. The lowest BCUT2D eigenvalue weighted by Crippen LogP contribution is -2.14. The van der Waals surface area contributed by atoms with Crippen molar-refractivity contribution in [3.63, 3.8) is 0 Å². The molecule has 24 heavy (non-hydrogen) atoms. The van der Waals surface area contributed by atoms with Gasteiger partial charge in [-0.15, -0.1) is 0 Å². The number of carbonyl (C=O) groups is 1. The van der Waals surface area contributed by atoms with E-state index in [2.05, 4.69) is 40.6 Å². The van der Waals surface area contributed by atoms with Gasteiger partial charge in [0.05, 0.1) is 24.1 Å². The number of rotatable bonds is 6. The van der Waals surface area contributed by atoms with Crippen molar-refractivity contribution in [3.05, 3.63) is 65.7 Å². The molecule has 0 radical (unpaired) electrons. The predicted octanol–water partition coefficient (Wildman–Crippen LogP) is 2.77. The largest absolute Gasteiger partial charge is 0.323 e. The van der Waals surface area contributed by atoms with Gasteiger partial charge in [0.2, 0.25) is 5.91 Å². The lowest BCUT2D eigenvalue weighted by Gasteiger charge is -2.04. The molecule has 1 aromatic carbocycles. The average Bonchev–Trinajstić information content (AvgIpc) is 3.14. The zero-order valence-electron chi connectivity index (χ0n) is 13.9. The SMILES string of the molecule is Cc1cccc(Cn2cc(NC(=O)CCn3ccc(C)n3)cn2)c1. The van der Waals surface area contributed by atoms with Gasteiger partial charge in [-0.2, -0.15) is 10.2 Å². The number of carbonyl (C=O) groups excluding carboxylic acids is 1. The third kappa shape index (κ3) is 4.32. The van der Waals surface area contributed by atoms with Crippen molar-refractivity contribution in [1.82, 2.24) is 19.6 Å². The lowest BCUT2D eigenvalue weighted by molar-refractivity contribution is -0.116. The summed E-state index contributed by atoms with van der Waals surface area (Å²) in [6.07, 6.45) is 5.77. The van der Waals surface area contributed by atoms with E-state index in [4.69, 9.17) is 0 Å². The first-order valence-electron chi connectivity index (χ1n) is 7.96. The number of amides is 1. The van der Waals surface area contributed by atoms with Crippen molar-refractivity contribution in [2.24, 2.45) is 0 Å². The van der Waals surface area contributed by atoms with E-state index in [0.717, 1.165) is 5.69 Å². The van der Waals surface area contributed by atoms with E-state index in [9.17, 15) is 4.79 Å². The van der Waals surface area contributed by atoms with Gasteiger partial charge in [-0.1, -0.05) is 29.8 Å². The van der Waals surface area contributed by atoms with E-state index < -0.39 is 0 Å². The number of aromatic nitrogens is 4. The monoisotopic (exact) mass is 323 g/mol. The second-order valence-corrected chi connectivity index (χ2v) is 5.93. The number of nitrogens with zero attached hydrogens (tertiary/aromatic N) is 4. The fourth-order valence-electron chi connectivity index (χ4n) is 2.54. The summed E-state index contributed by atoms with van der Waals surface area (Å²) in [5, 5.41) is 11.4. The van der Waals surface area contributed by atoms with Crippen LogP contribution in [0.3, 0.4) is 0 Å². The molecular weight excluding hydrogens is 302 g/mol. The second-order valence-electron chi connectivity index (χ2n) is 5.93. The summed E-state index contributed by atoms with van der Waals surface area (Å²) in [6.45, 7) is 5.25. The molecule has 6 heteroatoms. The number of hydrogen-bond acceptors (Lipinski definition) is 3. The van der Waals surface area contributed by atoms with Crippen LogP contribution in [0.2, 0.25) is 0 Å². The zero-order valence-corrected chi connectivity index (χ0v) is 13.9. The molecule has 0 saturated carbocycles. The van der Waals surface area contributed by atoms with Gasteiger partial charge in [0.1, 0.15) is 0 Å². The molecular formula is C18H21N5O. The quantitative estimate of drug-likeness (QED) is 0.758. The fraction of sp³-hybridized carbons (Fsp3) is 0.278. The van der Waals surface area contributed by atoms with Crippen LogP contribution in [0.15, 0.2) is 48.9 Å². The van der Waals surface area contributed by atoms with E-state index >= 15 is 0 Å². The molecule has 0 bridgehead atoms. The maximum Gasteiger partial charge on any atom is 0.226 e. The van der Waals surface area contributed by atoms with Crippen LogP contribution in [-0.4, -0.2) is 25.5 Å². The van der Waals surface area contributed by atoms with Crippen LogP contribution in [0.25, 0.3) is 0 Å². The minimum atomic E-state index is -0.0433. The number of nitrogens with one attached hydrogen (secondary N) is 1. The molecule has 0 spiro atoms. The topological polar surface area (TPSA) is 64.7 Å². The molecule has 3 rings (SSSR count). The molecule has 0 saturated heterocycles. The van der Waals surface area contributed by atoms with E-state index in [1.165, 1.54) is 11.1 Å². The molecule has 3 aromatic rings. The van der Waals surface area contributed by atoms with Gasteiger partial charge < -0.3 is 5.32 Å². The van der Waals surface area contributed by atoms with Crippen LogP contribution in [0.1, 0.15) is 23.2 Å². The van der Waals surface area contributed by atoms with Crippen LogP contribution in [0, 0.1) is 13.8 Å². The normalized spacial score (nSPS) is 10.8. The van der Waals surface area contributed by atoms with Gasteiger partial charge in [-0.3, -0.25) is 14.2 Å². The summed E-state index contributed by atoms with van der Waals surface area (Å²) in [5.41, 5.74) is 4.07. The molecule has 2 heterocycles. The molecule has 6 nitrogen and oxygen atoms in total. The van der Waals surface area contributed by atoms with Crippen molar-refractivity contribution >= 4 is 11.6 Å². The van der Waals surface area contributed by atoms with Crippen molar-refractivity contribution in [2.45, 2.75) is 33.4 Å². The van der Waals surface area contributed by atoms with Crippen LogP contribution in [-0.2, 0) is 17.9 Å². The van der Waals surface area contributed by atoms with Crippen molar-refractivity contribution < 1.29 is 4.79 Å². The van der Waals surface area contributed by atoms with E-state index in [1.54, 1.807) is 10.9 Å². The molecule has 0 atom stereocenters. The maximum absolute atomic E-state index is 12.0. The van der Waals surface area contributed by atoms with Crippen LogP contribution >= 0.6 is 0 Å². The Labute approximate surface area is 141 Å². The molecule has 0 aliphatic carbocycles. The Morgan fingerprint density at radius 1 is 1.21 bits per heavy atom. The van der Waals surface area contributed by atoms with Gasteiger partial charge >= 0.3 is 0 Å². The van der Waals surface area contributed by atoms with Gasteiger partial charge in [-0.25, -0.2) is 0 Å². The van der Waals surface area contributed by atoms with Gasteiger partial charge in [0, 0.05) is 25.4 Å². The molecule has 0 aliphatic heterocycles. The van der Waals surface area contributed by atoms with Crippen LogP contribution < -0.4 is 5.32 Å².